The second kappa shape index (κ2) is 5.77. The van der Waals surface area contributed by atoms with E-state index < -0.39 is 0 Å². The number of nitrogens with zero attached hydrogens (tertiary/aromatic N) is 3. The molecule has 0 aliphatic rings. The fourth-order valence-corrected chi connectivity index (χ4v) is 2.21. The molecule has 0 unspecified atom stereocenters. The van der Waals surface area contributed by atoms with Gasteiger partial charge in [-0.25, -0.2) is 9.97 Å². The molecule has 0 radical (unpaired) electrons. The molecule has 0 aliphatic carbocycles. The van der Waals surface area contributed by atoms with Crippen molar-refractivity contribution in [3.05, 3.63) is 30.2 Å². The van der Waals surface area contributed by atoms with Crippen LogP contribution in [-0.2, 0) is 0 Å². The first-order valence-electron chi connectivity index (χ1n) is 6.83. The summed E-state index contributed by atoms with van der Waals surface area (Å²) in [7, 11) is 0. The largest absolute Gasteiger partial charge is 0.491 e. The van der Waals surface area contributed by atoms with Crippen molar-refractivity contribution in [2.75, 3.05) is 19.7 Å². The molecule has 0 aliphatic heterocycles. The van der Waals surface area contributed by atoms with E-state index in [0.717, 1.165) is 40.8 Å². The summed E-state index contributed by atoms with van der Waals surface area (Å²) in [6, 6.07) is 5.75. The van der Waals surface area contributed by atoms with Crippen LogP contribution in [0.4, 0.5) is 0 Å². The fourth-order valence-electron chi connectivity index (χ4n) is 2.21. The summed E-state index contributed by atoms with van der Waals surface area (Å²) < 4.78 is 5.67. The Kier molecular flexibility index (Phi) is 3.67. The molecule has 0 bridgehead atoms. The monoisotopic (exact) mass is 281 g/mol. The van der Waals surface area contributed by atoms with E-state index in [-0.39, 0.29) is 0 Å². The maximum Gasteiger partial charge on any atom is 0.141 e. The van der Waals surface area contributed by atoms with Crippen LogP contribution in [0.2, 0.25) is 0 Å². The Morgan fingerprint density at radius 3 is 3.00 bits per heavy atom. The fraction of sp³-hybridized carbons (Fsp3) is 0.267. The molecule has 2 N–H and O–H groups in total. The third-order valence-corrected chi connectivity index (χ3v) is 3.22. The van der Waals surface area contributed by atoms with E-state index >= 15 is 0 Å². The summed E-state index contributed by atoms with van der Waals surface area (Å²) in [6.45, 7) is 4.37. The number of likely N-dealkylation sites (N-methyl/N-ethyl adjacent to an activating group) is 1. The summed E-state index contributed by atoms with van der Waals surface area (Å²) in [4.78, 5) is 11.6. The van der Waals surface area contributed by atoms with E-state index in [9.17, 15) is 0 Å². The average Bonchev–Trinajstić information content (AvgIpc) is 2.88. The van der Waals surface area contributed by atoms with Gasteiger partial charge in [-0.1, -0.05) is 6.92 Å². The summed E-state index contributed by atoms with van der Waals surface area (Å²) >= 11 is 0. The Morgan fingerprint density at radius 2 is 2.19 bits per heavy atom. The van der Waals surface area contributed by atoms with E-state index in [2.05, 4.69) is 33.3 Å². The molecule has 3 heterocycles. The van der Waals surface area contributed by atoms with Crippen LogP contribution in [0, 0.1) is 11.3 Å². The molecule has 21 heavy (non-hydrogen) atoms. The number of fused-ring (bicyclic) bond motifs is 3. The smallest absolute Gasteiger partial charge is 0.141 e. The van der Waals surface area contributed by atoms with E-state index in [1.54, 1.807) is 18.5 Å². The molecule has 6 heteroatoms. The van der Waals surface area contributed by atoms with Crippen molar-refractivity contribution in [2.45, 2.75) is 6.92 Å². The molecule has 0 fully saturated rings. The van der Waals surface area contributed by atoms with Crippen LogP contribution in [0.3, 0.4) is 0 Å². The molecular formula is C15H15N5O. The van der Waals surface area contributed by atoms with Crippen LogP contribution < -0.4 is 10.1 Å². The molecule has 0 amide bonds. The molecule has 6 nitrogen and oxygen atoms in total. The van der Waals surface area contributed by atoms with Crippen LogP contribution >= 0.6 is 0 Å². The van der Waals surface area contributed by atoms with Crippen LogP contribution in [0.1, 0.15) is 12.6 Å². The first-order valence-corrected chi connectivity index (χ1v) is 6.83. The van der Waals surface area contributed by atoms with E-state index in [1.165, 1.54) is 0 Å². The van der Waals surface area contributed by atoms with Crippen molar-refractivity contribution in [2.24, 2.45) is 0 Å². The quantitative estimate of drug-likeness (QED) is 0.698. The average molecular weight is 281 g/mol. The van der Waals surface area contributed by atoms with Crippen LogP contribution in [-0.4, -0.2) is 34.6 Å². The predicted molar refractivity (Wildman–Crippen MR) is 80.1 cm³/mol. The Balaban J connectivity index is 1.95. The van der Waals surface area contributed by atoms with Crippen molar-refractivity contribution >= 4 is 21.9 Å². The zero-order valence-electron chi connectivity index (χ0n) is 11.7. The number of aromatic amines is 1. The molecule has 3 aromatic rings. The number of pyridine rings is 2. The summed E-state index contributed by atoms with van der Waals surface area (Å²) in [5, 5.41) is 14.0. The van der Waals surface area contributed by atoms with E-state index in [4.69, 9.17) is 10.00 Å². The number of nitrogens with one attached hydrogen (secondary N) is 2. The van der Waals surface area contributed by atoms with Crippen molar-refractivity contribution < 1.29 is 4.74 Å². The summed E-state index contributed by atoms with van der Waals surface area (Å²) in [5.74, 6) is 0.719. The van der Waals surface area contributed by atoms with Gasteiger partial charge >= 0.3 is 0 Å². The molecule has 3 aromatic heterocycles. The van der Waals surface area contributed by atoms with Gasteiger partial charge in [0.1, 0.15) is 29.8 Å². The molecule has 0 saturated heterocycles. The van der Waals surface area contributed by atoms with Gasteiger partial charge in [-0.15, -0.1) is 0 Å². The zero-order valence-corrected chi connectivity index (χ0v) is 11.7. The van der Waals surface area contributed by atoms with Gasteiger partial charge in [-0.3, -0.25) is 0 Å². The lowest BCUT2D eigenvalue weighted by molar-refractivity contribution is 0.315. The third kappa shape index (κ3) is 2.64. The van der Waals surface area contributed by atoms with Gasteiger partial charge in [0.2, 0.25) is 0 Å². The minimum Gasteiger partial charge on any atom is -0.491 e. The number of ether oxygens (including phenoxy) is 1. The molecule has 0 atom stereocenters. The van der Waals surface area contributed by atoms with Gasteiger partial charge in [0.25, 0.3) is 0 Å². The second-order valence-electron chi connectivity index (χ2n) is 4.62. The SMILES string of the molecule is CCNCCOc1cnc2[nH]c3cnc(C#N)cc3c2c1. The standard InChI is InChI=1S/C15H15N5O/c1-2-17-3-4-21-11-6-13-12-5-10(7-16)18-9-14(12)20-15(13)19-8-11/h5-6,8-9,17H,2-4H2,1H3,(H,19,20). The second-order valence-corrected chi connectivity index (χ2v) is 4.62. The van der Waals surface area contributed by atoms with Crippen molar-refractivity contribution in [1.29, 1.82) is 5.26 Å². The lowest BCUT2D eigenvalue weighted by Crippen LogP contribution is -2.20. The number of nitriles is 1. The van der Waals surface area contributed by atoms with Crippen LogP contribution in [0.5, 0.6) is 5.75 Å². The first-order chi connectivity index (χ1) is 10.3. The number of hydrogen-bond donors (Lipinski definition) is 2. The zero-order chi connectivity index (χ0) is 14.7. The first kappa shape index (κ1) is 13.3. The molecule has 106 valence electrons. The minimum atomic E-state index is 0.391. The molecule has 0 aromatic carbocycles. The maximum atomic E-state index is 8.96. The van der Waals surface area contributed by atoms with Crippen LogP contribution in [0.15, 0.2) is 24.5 Å². The van der Waals surface area contributed by atoms with Crippen LogP contribution in [0.25, 0.3) is 21.9 Å². The van der Waals surface area contributed by atoms with E-state index in [0.29, 0.717) is 12.3 Å². The van der Waals surface area contributed by atoms with Gasteiger partial charge in [0, 0.05) is 17.3 Å². The Morgan fingerprint density at radius 1 is 1.29 bits per heavy atom. The van der Waals surface area contributed by atoms with Crippen molar-refractivity contribution in [1.82, 2.24) is 20.3 Å². The highest BCUT2D eigenvalue weighted by atomic mass is 16.5. The summed E-state index contributed by atoms with van der Waals surface area (Å²) in [5.41, 5.74) is 2.02. The van der Waals surface area contributed by atoms with Gasteiger partial charge in [0.05, 0.1) is 17.9 Å². The Bertz CT molecular complexity index is 818. The topological polar surface area (TPSA) is 86.6 Å². The molecule has 3 rings (SSSR count). The highest BCUT2D eigenvalue weighted by Crippen LogP contribution is 2.26. The molecular weight excluding hydrogens is 266 g/mol. The van der Waals surface area contributed by atoms with Gasteiger partial charge in [-0.2, -0.15) is 5.26 Å². The number of aromatic nitrogens is 3. The lowest BCUT2D eigenvalue weighted by atomic mass is 10.2. The maximum absolute atomic E-state index is 8.96. The summed E-state index contributed by atoms with van der Waals surface area (Å²) in [6.07, 6.45) is 3.35. The highest BCUT2D eigenvalue weighted by Gasteiger charge is 2.08. The van der Waals surface area contributed by atoms with Crippen molar-refractivity contribution in [3.8, 4) is 11.8 Å². The van der Waals surface area contributed by atoms with Gasteiger partial charge in [-0.05, 0) is 18.7 Å². The van der Waals surface area contributed by atoms with E-state index in [1.807, 2.05) is 6.07 Å². The van der Waals surface area contributed by atoms with Gasteiger partial charge in [0.15, 0.2) is 0 Å². The Labute approximate surface area is 121 Å². The van der Waals surface area contributed by atoms with Crippen molar-refractivity contribution in [3.63, 3.8) is 0 Å². The number of rotatable bonds is 5. The third-order valence-electron chi connectivity index (χ3n) is 3.22. The minimum absolute atomic E-state index is 0.391. The predicted octanol–water partition coefficient (Wildman–Crippen LogP) is 1.97. The number of hydrogen-bond acceptors (Lipinski definition) is 5. The number of H-pyrrole nitrogens is 1. The normalized spacial score (nSPS) is 10.9. The Hall–Kier alpha value is -2.65. The molecule has 0 spiro atoms. The lowest BCUT2D eigenvalue weighted by Gasteiger charge is -2.05. The highest BCUT2D eigenvalue weighted by molar-refractivity contribution is 6.06. The van der Waals surface area contributed by atoms with Gasteiger partial charge < -0.3 is 15.0 Å². The molecule has 0 saturated carbocycles.